The fourth-order valence-electron chi connectivity index (χ4n) is 1.31. The van der Waals surface area contributed by atoms with E-state index in [0.717, 1.165) is 11.4 Å². The van der Waals surface area contributed by atoms with E-state index in [0.29, 0.717) is 11.4 Å². The summed E-state index contributed by atoms with van der Waals surface area (Å²) in [6, 6.07) is 10.6. The average molecular weight is 288 g/mol. The zero-order valence-corrected chi connectivity index (χ0v) is 12.1. The molecule has 2 heterocycles. The zero-order valence-electron chi connectivity index (χ0n) is 9.27. The Morgan fingerprint density at radius 2 is 2.12 bits per heavy atom. The van der Waals surface area contributed by atoms with Crippen molar-refractivity contribution in [2.45, 2.75) is 6.92 Å². The van der Waals surface area contributed by atoms with E-state index in [1.165, 1.54) is 0 Å². The first kappa shape index (κ1) is 13.3. The van der Waals surface area contributed by atoms with Crippen molar-refractivity contribution in [1.82, 2.24) is 9.97 Å². The number of aromatic nitrogens is 2. The Kier molecular flexibility index (Phi) is 5.03. The Hall–Kier alpha value is -0.796. The minimum absolute atomic E-state index is 0. The van der Waals surface area contributed by atoms with E-state index >= 15 is 0 Å². The zero-order chi connectivity index (χ0) is 10.7. The van der Waals surface area contributed by atoms with E-state index in [9.17, 15) is 0 Å². The Morgan fingerprint density at radius 1 is 1.31 bits per heavy atom. The molecule has 0 saturated carbocycles. The van der Waals surface area contributed by atoms with Crippen LogP contribution in [0.4, 0.5) is 0 Å². The van der Waals surface area contributed by atoms with E-state index in [-0.39, 0.29) is 32.7 Å². The van der Waals surface area contributed by atoms with Gasteiger partial charge in [0, 0.05) is 44.7 Å². The predicted molar refractivity (Wildman–Crippen MR) is 57.6 cm³/mol. The van der Waals surface area contributed by atoms with E-state index in [1.807, 2.05) is 31.2 Å². The average Bonchev–Trinajstić information content (AvgIpc) is 2.29. The predicted octanol–water partition coefficient (Wildman–Crippen LogP) is 2.26. The molecule has 0 amide bonds. The van der Waals surface area contributed by atoms with Gasteiger partial charge in [0.2, 0.25) is 0 Å². The monoisotopic (exact) mass is 288 g/mol. The van der Waals surface area contributed by atoms with Gasteiger partial charge in [0.15, 0.2) is 0 Å². The first-order valence-corrected chi connectivity index (χ1v) is 4.66. The second kappa shape index (κ2) is 6.07. The van der Waals surface area contributed by atoms with Crippen molar-refractivity contribution in [3.63, 3.8) is 0 Å². The van der Waals surface area contributed by atoms with Gasteiger partial charge in [0.25, 0.3) is 0 Å². The Morgan fingerprint density at radius 3 is 2.75 bits per heavy atom. The van der Waals surface area contributed by atoms with Crippen LogP contribution in [0.5, 0.6) is 5.75 Å². The van der Waals surface area contributed by atoms with Crippen molar-refractivity contribution in [2.75, 3.05) is 7.11 Å². The van der Waals surface area contributed by atoms with Crippen LogP contribution in [0, 0.1) is 13.0 Å². The normalized spacial score (nSPS) is 9.38. The minimum Gasteiger partial charge on any atom is -0.522 e. The Balaban J connectivity index is 0.00000128. The Labute approximate surface area is 120 Å². The van der Waals surface area contributed by atoms with Gasteiger partial charge >= 0.3 is 0 Å². The summed E-state index contributed by atoms with van der Waals surface area (Å²) in [4.78, 5) is 8.57. The molecule has 4 heteroatoms. The first-order chi connectivity index (χ1) is 7.29. The summed E-state index contributed by atoms with van der Waals surface area (Å²) in [6.07, 6.45) is 1.74. The number of pyridine rings is 2. The summed E-state index contributed by atoms with van der Waals surface area (Å²) in [5.41, 5.74) is 2.42. The van der Waals surface area contributed by atoms with Gasteiger partial charge in [-0.05, 0) is 30.1 Å². The third-order valence-corrected chi connectivity index (χ3v) is 2.00. The number of hydrogen-bond donors (Lipinski definition) is 0. The van der Waals surface area contributed by atoms with Crippen molar-refractivity contribution in [2.24, 2.45) is 0 Å². The van der Waals surface area contributed by atoms with Crippen molar-refractivity contribution in [3.05, 3.63) is 42.2 Å². The number of rotatable bonds is 2. The topological polar surface area (TPSA) is 35.0 Å². The summed E-state index contributed by atoms with van der Waals surface area (Å²) in [5.74, 6) is 0.683. The van der Waals surface area contributed by atoms with Crippen molar-refractivity contribution < 1.29 is 37.4 Å². The molecule has 0 saturated heterocycles. The van der Waals surface area contributed by atoms with Gasteiger partial charge in [-0.15, -0.1) is 6.07 Å². The van der Waals surface area contributed by atoms with E-state index < -0.39 is 0 Å². The first-order valence-electron chi connectivity index (χ1n) is 4.66. The molecule has 2 aromatic rings. The van der Waals surface area contributed by atoms with E-state index in [2.05, 4.69) is 16.0 Å². The van der Waals surface area contributed by atoms with Crippen LogP contribution in [0.3, 0.4) is 0 Å². The van der Waals surface area contributed by atoms with Gasteiger partial charge in [0.1, 0.15) is 0 Å². The van der Waals surface area contributed by atoms with Crippen molar-refractivity contribution >= 4 is 0 Å². The molecule has 0 aliphatic rings. The summed E-state index contributed by atoms with van der Waals surface area (Å²) in [5, 5.41) is 0. The fraction of sp³-hybridized carbons (Fsp3) is 0.167. The van der Waals surface area contributed by atoms with Gasteiger partial charge in [-0.2, -0.15) is 0 Å². The molecule has 0 fully saturated rings. The number of ether oxygens (including phenoxy) is 1. The van der Waals surface area contributed by atoms with Gasteiger partial charge in [-0.25, -0.2) is 0 Å². The molecule has 79 valence electrons. The molecular weight excluding hydrogens is 277 g/mol. The molecule has 1 radical (unpaired) electrons. The van der Waals surface area contributed by atoms with Crippen LogP contribution in [-0.2, 0) is 32.7 Å². The number of methoxy groups -OCH3 is 1. The third-order valence-electron chi connectivity index (χ3n) is 2.00. The van der Waals surface area contributed by atoms with Crippen LogP contribution < -0.4 is 4.74 Å². The smallest absolute Gasteiger partial charge is 0.0743 e. The SMILES string of the molecule is COc1[c-]c(-c2ccccn2)nc(C)c1.[Y]. The second-order valence-electron chi connectivity index (χ2n) is 3.15. The maximum atomic E-state index is 5.13. The molecule has 16 heavy (non-hydrogen) atoms. The molecule has 0 aliphatic carbocycles. The molecule has 2 aromatic heterocycles. The maximum absolute atomic E-state index is 5.13. The summed E-state index contributed by atoms with van der Waals surface area (Å²) in [7, 11) is 1.62. The second-order valence-corrected chi connectivity index (χ2v) is 3.15. The molecule has 3 nitrogen and oxygen atoms in total. The van der Waals surface area contributed by atoms with Crippen LogP contribution in [0.2, 0.25) is 0 Å². The maximum Gasteiger partial charge on any atom is 0.0743 e. The molecule has 0 spiro atoms. The molecule has 0 aliphatic heterocycles. The number of hydrogen-bond acceptors (Lipinski definition) is 3. The van der Waals surface area contributed by atoms with Crippen LogP contribution in [-0.4, -0.2) is 17.1 Å². The molecule has 0 bridgehead atoms. The van der Waals surface area contributed by atoms with E-state index in [4.69, 9.17) is 4.74 Å². The molecule has 0 N–H and O–H groups in total. The van der Waals surface area contributed by atoms with Crippen LogP contribution in [0.15, 0.2) is 30.5 Å². The fourth-order valence-corrected chi connectivity index (χ4v) is 1.31. The molecule has 2 rings (SSSR count). The van der Waals surface area contributed by atoms with Gasteiger partial charge in [0.05, 0.1) is 7.11 Å². The Bertz CT molecular complexity index is 460. The summed E-state index contributed by atoms with van der Waals surface area (Å²) in [6.45, 7) is 1.92. The molecule has 0 atom stereocenters. The summed E-state index contributed by atoms with van der Waals surface area (Å²) < 4.78 is 5.13. The van der Waals surface area contributed by atoms with Crippen molar-refractivity contribution in [3.8, 4) is 17.1 Å². The van der Waals surface area contributed by atoms with Crippen LogP contribution in [0.1, 0.15) is 5.69 Å². The molecule has 0 aromatic carbocycles. The number of aryl methyl sites for hydroxylation is 1. The van der Waals surface area contributed by atoms with Gasteiger partial charge in [-0.1, -0.05) is 18.2 Å². The van der Waals surface area contributed by atoms with Crippen LogP contribution >= 0.6 is 0 Å². The van der Waals surface area contributed by atoms with Crippen molar-refractivity contribution in [1.29, 1.82) is 0 Å². The molecule has 0 unspecified atom stereocenters. The van der Waals surface area contributed by atoms with Crippen LogP contribution in [0.25, 0.3) is 11.4 Å². The van der Waals surface area contributed by atoms with E-state index in [1.54, 1.807) is 13.3 Å². The quantitative estimate of drug-likeness (QED) is 0.795. The summed E-state index contributed by atoms with van der Waals surface area (Å²) >= 11 is 0. The minimum atomic E-state index is 0. The standard InChI is InChI=1S/C12H11N2O.Y/c1-9-7-10(15-2)8-12(14-9)11-5-3-4-6-13-11;/h3-7H,1-2H3;/q-1;. The van der Waals surface area contributed by atoms with Gasteiger partial charge in [-0.3, -0.25) is 4.98 Å². The molecular formula is C12H11N2OY-. The van der Waals surface area contributed by atoms with Gasteiger partial charge < -0.3 is 9.72 Å². The largest absolute Gasteiger partial charge is 0.522 e. The number of nitrogens with zero attached hydrogens (tertiary/aromatic N) is 2. The third kappa shape index (κ3) is 3.10.